The quantitative estimate of drug-likeness (QED) is 0.152. The summed E-state index contributed by atoms with van der Waals surface area (Å²) in [5.74, 6) is -4.72. The second-order valence-corrected chi connectivity index (χ2v) is 13.7. The van der Waals surface area contributed by atoms with Crippen LogP contribution in [-0.2, 0) is 33.3 Å². The van der Waals surface area contributed by atoms with E-state index >= 15 is 0 Å². The van der Waals surface area contributed by atoms with Gasteiger partial charge in [-0.3, -0.25) is 23.7 Å². The summed E-state index contributed by atoms with van der Waals surface area (Å²) in [5.41, 5.74) is -1.52. The number of para-hydroxylation sites is 1. The number of aromatic nitrogens is 1. The lowest BCUT2D eigenvalue weighted by atomic mass is 9.83. The van der Waals surface area contributed by atoms with Gasteiger partial charge in [-0.25, -0.2) is 4.90 Å². The molecule has 0 radical (unpaired) electrons. The highest BCUT2D eigenvalue weighted by molar-refractivity contribution is 8.00. The van der Waals surface area contributed by atoms with Crippen LogP contribution in [-0.4, -0.2) is 40.6 Å². The number of halogens is 6. The summed E-state index contributed by atoms with van der Waals surface area (Å²) in [6, 6.07) is 15.4. The van der Waals surface area contributed by atoms with Gasteiger partial charge in [0.25, 0.3) is 0 Å². The van der Waals surface area contributed by atoms with Gasteiger partial charge >= 0.3 is 17.2 Å². The number of imide groups is 1. The average Bonchev–Trinajstić information content (AvgIpc) is 3.51. The van der Waals surface area contributed by atoms with E-state index in [4.69, 9.17) is 0 Å². The van der Waals surface area contributed by atoms with Crippen molar-refractivity contribution in [3.63, 3.8) is 0 Å². The molecule has 0 bridgehead atoms. The van der Waals surface area contributed by atoms with Gasteiger partial charge < -0.3 is 10.2 Å². The number of fused-ring (bicyclic) bond motifs is 2. The number of carbonyl (C=O) groups is 3. The van der Waals surface area contributed by atoms with E-state index in [1.165, 1.54) is 12.1 Å². The van der Waals surface area contributed by atoms with Crippen LogP contribution >= 0.6 is 23.1 Å². The predicted molar refractivity (Wildman–Crippen MR) is 178 cm³/mol. The number of anilines is 3. The van der Waals surface area contributed by atoms with E-state index in [9.17, 15) is 45.5 Å². The average molecular weight is 735 g/mol. The zero-order valence-electron chi connectivity index (χ0n) is 26.3. The SMILES string of the molecule is CCN(CC)c1ccc([C@@H]2c3sc(=O)n(CC(=O)Nc4cccc(C(F)(F)F)c4)c3S[C@H]3C(=O)N(c4ccccc4C(F)(F)F)C(=O)[C@@H]23)cc1. The molecular formula is C34H28F6N4O4S2. The smallest absolute Gasteiger partial charge is 0.372 e. The van der Waals surface area contributed by atoms with Crippen LogP contribution in [0, 0.1) is 5.92 Å². The molecule has 1 aromatic heterocycles. The molecule has 262 valence electrons. The van der Waals surface area contributed by atoms with Crippen LogP contribution in [0.2, 0.25) is 0 Å². The summed E-state index contributed by atoms with van der Waals surface area (Å²) in [7, 11) is 0. The molecule has 1 saturated heterocycles. The molecule has 4 aromatic rings. The molecule has 6 rings (SSSR count). The molecule has 3 heterocycles. The molecule has 8 nitrogen and oxygen atoms in total. The van der Waals surface area contributed by atoms with Crippen molar-refractivity contribution in [3.8, 4) is 0 Å². The molecule has 3 atom stereocenters. The Hall–Kier alpha value is -4.57. The molecule has 50 heavy (non-hydrogen) atoms. The van der Waals surface area contributed by atoms with Gasteiger partial charge in [-0.15, -0.1) is 0 Å². The summed E-state index contributed by atoms with van der Waals surface area (Å²) >= 11 is 1.54. The Morgan fingerprint density at radius 2 is 1.54 bits per heavy atom. The van der Waals surface area contributed by atoms with Crippen molar-refractivity contribution in [2.45, 2.75) is 48.9 Å². The Morgan fingerprint density at radius 1 is 0.860 bits per heavy atom. The first-order valence-corrected chi connectivity index (χ1v) is 17.1. The second kappa shape index (κ2) is 13.3. The highest BCUT2D eigenvalue weighted by Gasteiger charge is 2.57. The van der Waals surface area contributed by atoms with Crippen molar-refractivity contribution >= 4 is 57.9 Å². The number of nitrogens with zero attached hydrogens (tertiary/aromatic N) is 3. The number of benzene rings is 3. The fourth-order valence-corrected chi connectivity index (χ4v) is 9.13. The topological polar surface area (TPSA) is 91.7 Å². The van der Waals surface area contributed by atoms with Gasteiger partial charge in [-0.1, -0.05) is 53.4 Å². The summed E-state index contributed by atoms with van der Waals surface area (Å²) in [4.78, 5) is 57.0. The van der Waals surface area contributed by atoms with Gasteiger partial charge in [0, 0.05) is 35.3 Å². The Kier molecular flexibility index (Phi) is 9.37. The van der Waals surface area contributed by atoms with Crippen LogP contribution in [0.25, 0.3) is 0 Å². The normalized spacial score (nSPS) is 19.0. The first-order valence-electron chi connectivity index (χ1n) is 15.4. The minimum atomic E-state index is -4.87. The Morgan fingerprint density at radius 3 is 2.18 bits per heavy atom. The van der Waals surface area contributed by atoms with E-state index in [-0.39, 0.29) is 10.7 Å². The van der Waals surface area contributed by atoms with Gasteiger partial charge in [0.2, 0.25) is 17.7 Å². The third-order valence-corrected chi connectivity index (χ3v) is 11.3. The maximum absolute atomic E-state index is 14.2. The fraction of sp³-hybridized carbons (Fsp3) is 0.294. The van der Waals surface area contributed by atoms with E-state index in [0.717, 1.165) is 69.8 Å². The van der Waals surface area contributed by atoms with Gasteiger partial charge in [0.1, 0.15) is 11.8 Å². The van der Waals surface area contributed by atoms with E-state index in [1.807, 2.05) is 26.0 Å². The van der Waals surface area contributed by atoms with E-state index in [2.05, 4.69) is 10.2 Å². The Labute approximate surface area is 289 Å². The minimum absolute atomic E-state index is 0.156. The van der Waals surface area contributed by atoms with E-state index in [0.29, 0.717) is 28.4 Å². The second-order valence-electron chi connectivity index (χ2n) is 11.6. The molecule has 0 spiro atoms. The number of hydrogen-bond donors (Lipinski definition) is 1. The van der Waals surface area contributed by atoms with E-state index in [1.54, 1.807) is 12.1 Å². The van der Waals surface area contributed by atoms with Gasteiger partial charge in [-0.05, 0) is 61.9 Å². The zero-order valence-corrected chi connectivity index (χ0v) is 28.0. The van der Waals surface area contributed by atoms with Crippen LogP contribution in [0.3, 0.4) is 0 Å². The highest BCUT2D eigenvalue weighted by atomic mass is 32.2. The lowest BCUT2D eigenvalue weighted by Gasteiger charge is -2.31. The molecule has 2 aliphatic heterocycles. The van der Waals surface area contributed by atoms with Crippen LogP contribution in [0.5, 0.6) is 0 Å². The molecule has 0 saturated carbocycles. The number of rotatable bonds is 8. The van der Waals surface area contributed by atoms with Crippen molar-refractivity contribution in [1.82, 2.24) is 4.57 Å². The monoisotopic (exact) mass is 734 g/mol. The van der Waals surface area contributed by atoms with Crippen LogP contribution in [0.1, 0.15) is 41.3 Å². The first-order chi connectivity index (χ1) is 23.6. The van der Waals surface area contributed by atoms with Crippen molar-refractivity contribution in [2.24, 2.45) is 5.92 Å². The number of nitrogens with one attached hydrogen (secondary N) is 1. The summed E-state index contributed by atoms with van der Waals surface area (Å²) in [6.45, 7) is 4.73. The molecule has 0 unspecified atom stereocenters. The molecule has 0 aliphatic carbocycles. The number of thiazole rings is 1. The zero-order chi connectivity index (χ0) is 36.1. The van der Waals surface area contributed by atoms with E-state index < -0.39 is 75.4 Å². The highest BCUT2D eigenvalue weighted by Crippen LogP contribution is 2.54. The standard InChI is InChI=1S/C34H28F6N4O4S2/c1-3-42(4-2)21-14-12-18(13-15-21)25-26-27(30(47)44(29(26)46)23-11-6-5-10-22(23)34(38,39)40)49-31-28(25)50-32(48)43(31)17-24(45)41-20-9-7-8-19(16-20)33(35,36)37/h5-16,25-27H,3-4,17H2,1-2H3,(H,41,45)/t25-,26-,27+/m0/s1. The summed E-state index contributed by atoms with van der Waals surface area (Å²) in [6.07, 6.45) is -9.53. The number of thioether (sulfide) groups is 1. The van der Waals surface area contributed by atoms with Crippen molar-refractivity contribution in [1.29, 1.82) is 0 Å². The third-order valence-electron chi connectivity index (χ3n) is 8.66. The lowest BCUT2D eigenvalue weighted by Crippen LogP contribution is -2.33. The molecule has 1 fully saturated rings. The van der Waals surface area contributed by atoms with Crippen LogP contribution < -0.4 is 20.0 Å². The largest absolute Gasteiger partial charge is 0.418 e. The molecule has 16 heteroatoms. The molecule has 2 aliphatic rings. The Bertz CT molecular complexity index is 2020. The molecular weight excluding hydrogens is 707 g/mol. The first kappa shape index (κ1) is 35.3. The maximum Gasteiger partial charge on any atom is 0.418 e. The molecule has 3 aromatic carbocycles. The summed E-state index contributed by atoms with van der Waals surface area (Å²) < 4.78 is 83.0. The van der Waals surface area contributed by atoms with Crippen molar-refractivity contribution in [2.75, 3.05) is 28.2 Å². The maximum atomic E-state index is 14.2. The Balaban J connectivity index is 1.42. The number of hydrogen-bond acceptors (Lipinski definition) is 7. The van der Waals surface area contributed by atoms with Crippen LogP contribution in [0.15, 0.2) is 82.6 Å². The number of carbonyl (C=O) groups excluding carboxylic acids is 3. The lowest BCUT2D eigenvalue weighted by molar-refractivity contribution is -0.138. The summed E-state index contributed by atoms with van der Waals surface area (Å²) in [5, 5.41) is 1.28. The van der Waals surface area contributed by atoms with Crippen molar-refractivity contribution < 1.29 is 40.7 Å². The minimum Gasteiger partial charge on any atom is -0.372 e. The van der Waals surface area contributed by atoms with Gasteiger partial charge in [0.15, 0.2) is 0 Å². The molecule has 1 N–H and O–H groups in total. The van der Waals surface area contributed by atoms with Gasteiger partial charge in [0.05, 0.1) is 27.8 Å². The predicted octanol–water partition coefficient (Wildman–Crippen LogP) is 7.23. The third kappa shape index (κ3) is 6.41. The van der Waals surface area contributed by atoms with Crippen molar-refractivity contribution in [3.05, 3.63) is 104 Å². The number of amides is 3. The van der Waals surface area contributed by atoms with Crippen LogP contribution in [0.4, 0.5) is 43.4 Å². The fourth-order valence-electron chi connectivity index (χ4n) is 6.36. The number of alkyl halides is 6. The molecule has 3 amide bonds. The van der Waals surface area contributed by atoms with Gasteiger partial charge in [-0.2, -0.15) is 26.3 Å².